The zero-order valence-electron chi connectivity index (χ0n) is 22.1. The molecule has 0 fully saturated rings. The molecule has 0 atom stereocenters. The van der Waals surface area contributed by atoms with Gasteiger partial charge in [-0.3, -0.25) is 0 Å². The predicted molar refractivity (Wildman–Crippen MR) is 139 cm³/mol. The van der Waals surface area contributed by atoms with Crippen molar-refractivity contribution in [2.45, 2.75) is 134 Å². The van der Waals surface area contributed by atoms with E-state index in [2.05, 4.69) is 74.8 Å². The van der Waals surface area contributed by atoms with Gasteiger partial charge in [0.15, 0.2) is 0 Å². The summed E-state index contributed by atoms with van der Waals surface area (Å²) in [5.74, 6) is 0.759. The van der Waals surface area contributed by atoms with Crippen molar-refractivity contribution in [1.29, 1.82) is 0 Å². The van der Waals surface area contributed by atoms with Crippen LogP contribution in [-0.4, -0.2) is 0 Å². The van der Waals surface area contributed by atoms with E-state index in [1.807, 2.05) is 34.6 Å². The summed E-state index contributed by atoms with van der Waals surface area (Å²) in [5.41, 5.74) is 1.33. The molecule has 0 heteroatoms. The standard InChI is InChI=1S/C8H16.C7H16.C3H8.C3H6.2C2H6.C2H4/c1-5-8(6-2)7(3)4;1-3-5-7-6-4-2;2*1-3-2;3*1-2/h8H,3,5-6H2,1-2,4H3;3-7H2,1-2H3;3H2,1-2H3;3H,1H2,2H3;2*1-2H3;1-2H2. The molecule has 0 spiro atoms. The quantitative estimate of drug-likeness (QED) is 0.301. The van der Waals surface area contributed by atoms with Crippen LogP contribution < -0.4 is 0 Å². The lowest BCUT2D eigenvalue weighted by molar-refractivity contribution is 0.574. The molecule has 0 rings (SSSR count). The molecule has 0 aliphatic rings. The van der Waals surface area contributed by atoms with Crippen molar-refractivity contribution in [3.63, 3.8) is 0 Å². The van der Waals surface area contributed by atoms with Gasteiger partial charge in [-0.05, 0) is 32.6 Å². The van der Waals surface area contributed by atoms with Gasteiger partial charge >= 0.3 is 0 Å². The van der Waals surface area contributed by atoms with Gasteiger partial charge in [0.05, 0.1) is 0 Å². The SMILES string of the molecule is C=C.C=C(C)C(CC)CC.C=CC.CC.CC.CCC.CCCCCCC. The van der Waals surface area contributed by atoms with Crippen molar-refractivity contribution in [3.8, 4) is 0 Å². The first-order valence-electron chi connectivity index (χ1n) is 11.7. The molecule has 170 valence electrons. The fraction of sp³-hybridized carbons (Fsp3) is 0.778. The zero-order valence-corrected chi connectivity index (χ0v) is 22.1. The number of unbranched alkanes of at least 4 members (excludes halogenated alkanes) is 4. The number of allylic oxidation sites excluding steroid dienone is 2. The Morgan fingerprint density at radius 3 is 1.04 bits per heavy atom. The summed E-state index contributed by atoms with van der Waals surface area (Å²) in [4.78, 5) is 0. The summed E-state index contributed by atoms with van der Waals surface area (Å²) in [6.07, 6.45) is 12.5. The minimum absolute atomic E-state index is 0.759. The zero-order chi connectivity index (χ0) is 23.5. The molecular weight excluding hydrogens is 324 g/mol. The van der Waals surface area contributed by atoms with Crippen LogP contribution in [0.2, 0.25) is 0 Å². The van der Waals surface area contributed by atoms with Crippen molar-refractivity contribution in [2.24, 2.45) is 5.92 Å². The summed E-state index contributed by atoms with van der Waals surface area (Å²) in [7, 11) is 0. The molecule has 0 nitrogen and oxygen atoms in total. The minimum atomic E-state index is 0.759. The Kier molecular flexibility index (Phi) is 122. The molecule has 0 radical (unpaired) electrons. The summed E-state index contributed by atoms with van der Waals surface area (Å²) >= 11 is 0. The molecule has 0 aromatic carbocycles. The van der Waals surface area contributed by atoms with E-state index in [1.54, 1.807) is 6.08 Å². The first-order chi connectivity index (χ1) is 13.0. The van der Waals surface area contributed by atoms with E-state index in [1.165, 1.54) is 56.9 Å². The molecule has 0 bridgehead atoms. The van der Waals surface area contributed by atoms with E-state index in [-0.39, 0.29) is 0 Å². The number of hydrogen-bond acceptors (Lipinski definition) is 0. The van der Waals surface area contributed by atoms with Crippen LogP contribution in [0.25, 0.3) is 0 Å². The molecule has 0 aromatic heterocycles. The molecule has 0 unspecified atom stereocenters. The third kappa shape index (κ3) is 108. The Labute approximate surface area is 178 Å². The second-order valence-corrected chi connectivity index (χ2v) is 5.54. The number of hydrogen-bond donors (Lipinski definition) is 0. The third-order valence-electron chi connectivity index (χ3n) is 2.89. The molecule has 0 N–H and O–H groups in total. The fourth-order valence-electron chi connectivity index (χ4n) is 1.66. The van der Waals surface area contributed by atoms with Crippen LogP contribution in [-0.2, 0) is 0 Å². The maximum absolute atomic E-state index is 3.90. The van der Waals surface area contributed by atoms with Crippen molar-refractivity contribution in [2.75, 3.05) is 0 Å². The predicted octanol–water partition coefficient (Wildman–Crippen LogP) is 11.4. The molecule has 0 aliphatic heterocycles. The topological polar surface area (TPSA) is 0 Å². The molecule has 0 saturated carbocycles. The lowest BCUT2D eigenvalue weighted by atomic mass is 9.97. The summed E-state index contributed by atoms with van der Waals surface area (Å²) < 4.78 is 0. The van der Waals surface area contributed by atoms with Crippen molar-refractivity contribution >= 4 is 0 Å². The van der Waals surface area contributed by atoms with E-state index >= 15 is 0 Å². The molecule has 0 aromatic rings. The van der Waals surface area contributed by atoms with Crippen molar-refractivity contribution in [3.05, 3.63) is 38.0 Å². The van der Waals surface area contributed by atoms with Gasteiger partial charge in [0.25, 0.3) is 0 Å². The van der Waals surface area contributed by atoms with Crippen LogP contribution in [0, 0.1) is 5.92 Å². The smallest absolute Gasteiger partial charge is 0.0214 e. The largest absolute Gasteiger partial charge is 0.106 e. The second kappa shape index (κ2) is 73.2. The molecule has 0 heterocycles. The minimum Gasteiger partial charge on any atom is -0.106 e. The maximum atomic E-state index is 3.90. The average Bonchev–Trinajstić information content (AvgIpc) is 2.69. The van der Waals surface area contributed by atoms with Gasteiger partial charge < -0.3 is 0 Å². The third-order valence-corrected chi connectivity index (χ3v) is 2.89. The number of rotatable bonds is 7. The van der Waals surface area contributed by atoms with E-state index in [4.69, 9.17) is 0 Å². The van der Waals surface area contributed by atoms with Crippen LogP contribution >= 0.6 is 0 Å². The van der Waals surface area contributed by atoms with Crippen LogP contribution in [0.4, 0.5) is 0 Å². The van der Waals surface area contributed by atoms with E-state index < -0.39 is 0 Å². The van der Waals surface area contributed by atoms with Crippen molar-refractivity contribution in [1.82, 2.24) is 0 Å². The van der Waals surface area contributed by atoms with Crippen LogP contribution in [0.3, 0.4) is 0 Å². The average molecular weight is 387 g/mol. The van der Waals surface area contributed by atoms with Crippen LogP contribution in [0.15, 0.2) is 38.0 Å². The van der Waals surface area contributed by atoms with Gasteiger partial charge in [-0.25, -0.2) is 0 Å². The van der Waals surface area contributed by atoms with Gasteiger partial charge in [-0.2, -0.15) is 0 Å². The Bertz CT molecular complexity index is 170. The summed E-state index contributed by atoms with van der Waals surface area (Å²) in [6, 6.07) is 0. The first-order valence-corrected chi connectivity index (χ1v) is 11.7. The molecule has 0 amide bonds. The lowest BCUT2D eigenvalue weighted by Crippen LogP contribution is -1.95. The molecular formula is C27H62. The Hall–Kier alpha value is -0.780. The molecule has 27 heavy (non-hydrogen) atoms. The highest BCUT2D eigenvalue weighted by Gasteiger charge is 2.00. The molecule has 0 saturated heterocycles. The first kappa shape index (κ1) is 45.1. The van der Waals surface area contributed by atoms with Crippen LogP contribution in [0.1, 0.15) is 134 Å². The van der Waals surface area contributed by atoms with E-state index in [9.17, 15) is 0 Å². The monoisotopic (exact) mass is 386 g/mol. The Balaban J connectivity index is -0.0000000382. The van der Waals surface area contributed by atoms with E-state index in [0.29, 0.717) is 0 Å². The highest BCUT2D eigenvalue weighted by molar-refractivity contribution is 4.94. The Morgan fingerprint density at radius 1 is 0.741 bits per heavy atom. The summed E-state index contributed by atoms with van der Waals surface area (Å²) in [5, 5.41) is 0. The van der Waals surface area contributed by atoms with Gasteiger partial charge in [-0.1, -0.05) is 126 Å². The Morgan fingerprint density at radius 2 is 0.963 bits per heavy atom. The molecule has 0 aliphatic carbocycles. The normalized spacial score (nSPS) is 7.15. The van der Waals surface area contributed by atoms with Crippen LogP contribution in [0.5, 0.6) is 0 Å². The highest BCUT2D eigenvalue weighted by atomic mass is 14.1. The van der Waals surface area contributed by atoms with Gasteiger partial charge in [0.2, 0.25) is 0 Å². The van der Waals surface area contributed by atoms with Crippen molar-refractivity contribution < 1.29 is 0 Å². The second-order valence-electron chi connectivity index (χ2n) is 5.54. The lowest BCUT2D eigenvalue weighted by Gasteiger charge is -2.09. The fourth-order valence-corrected chi connectivity index (χ4v) is 1.66. The maximum Gasteiger partial charge on any atom is -0.0214 e. The van der Waals surface area contributed by atoms with E-state index in [0.717, 1.165) is 5.92 Å². The summed E-state index contributed by atoms with van der Waals surface area (Å²) in [6.45, 7) is 38.4. The van der Waals surface area contributed by atoms with Gasteiger partial charge in [0.1, 0.15) is 0 Å². The highest BCUT2D eigenvalue weighted by Crippen LogP contribution is 2.15. The van der Waals surface area contributed by atoms with Gasteiger partial charge in [0, 0.05) is 0 Å². The van der Waals surface area contributed by atoms with Gasteiger partial charge in [-0.15, -0.1) is 19.7 Å².